The second-order valence-corrected chi connectivity index (χ2v) is 4.44. The molecule has 0 N–H and O–H groups in total. The van der Waals surface area contributed by atoms with Crippen molar-refractivity contribution in [3.63, 3.8) is 0 Å². The van der Waals surface area contributed by atoms with Crippen molar-refractivity contribution < 1.29 is 4.74 Å². The molecule has 2 aromatic carbocycles. The zero-order valence-electron chi connectivity index (χ0n) is 11.3. The van der Waals surface area contributed by atoms with E-state index in [-0.39, 0.29) is 0 Å². The molecule has 0 fully saturated rings. The highest BCUT2D eigenvalue weighted by Crippen LogP contribution is 2.26. The van der Waals surface area contributed by atoms with Gasteiger partial charge in [-0.3, -0.25) is 0 Å². The summed E-state index contributed by atoms with van der Waals surface area (Å²) < 4.78 is 5.50. The van der Waals surface area contributed by atoms with Crippen LogP contribution in [0.4, 0.5) is 0 Å². The Labute approximate surface area is 114 Å². The number of nitrogens with zero attached hydrogens (tertiary/aromatic N) is 2. The van der Waals surface area contributed by atoms with E-state index in [0.717, 1.165) is 11.1 Å². The van der Waals surface area contributed by atoms with Crippen molar-refractivity contribution in [3.05, 3.63) is 71.8 Å². The third-order valence-corrected chi connectivity index (χ3v) is 3.06. The second kappa shape index (κ2) is 6.25. The van der Waals surface area contributed by atoms with Gasteiger partial charge in [-0.25, -0.2) is 0 Å². The maximum Gasteiger partial charge on any atom is 0.201 e. The Bertz CT molecular complexity index is 525. The zero-order valence-corrected chi connectivity index (χ0v) is 11.3. The number of rotatable bonds is 5. The summed E-state index contributed by atoms with van der Waals surface area (Å²) in [6, 6.07) is 20.0. The van der Waals surface area contributed by atoms with E-state index in [2.05, 4.69) is 10.2 Å². The minimum atomic E-state index is -0.726. The first-order valence-corrected chi connectivity index (χ1v) is 6.28. The first-order valence-electron chi connectivity index (χ1n) is 6.28. The average molecular weight is 254 g/mol. The summed E-state index contributed by atoms with van der Waals surface area (Å²) in [7, 11) is 1.65. The van der Waals surface area contributed by atoms with Crippen LogP contribution in [0.15, 0.2) is 70.9 Å². The lowest BCUT2D eigenvalue weighted by atomic mass is 10.1. The van der Waals surface area contributed by atoms with Crippen molar-refractivity contribution in [1.82, 2.24) is 0 Å². The van der Waals surface area contributed by atoms with E-state index >= 15 is 0 Å². The van der Waals surface area contributed by atoms with Gasteiger partial charge in [0.2, 0.25) is 5.72 Å². The standard InChI is InChI=1S/C16H18N2O/c1-16(19-2,15-11-7-4-8-12-15)18-17-13-14-9-5-3-6-10-14/h3-12H,13H2,1-2H3. The van der Waals surface area contributed by atoms with E-state index in [0.29, 0.717) is 6.54 Å². The molecule has 0 saturated heterocycles. The predicted octanol–water partition coefficient (Wildman–Crippen LogP) is 4.16. The van der Waals surface area contributed by atoms with E-state index in [1.54, 1.807) is 7.11 Å². The van der Waals surface area contributed by atoms with Gasteiger partial charge in [0.1, 0.15) is 0 Å². The van der Waals surface area contributed by atoms with Crippen LogP contribution in [0.2, 0.25) is 0 Å². The van der Waals surface area contributed by atoms with Crippen LogP contribution in [0.1, 0.15) is 18.1 Å². The lowest BCUT2D eigenvalue weighted by Crippen LogP contribution is -2.20. The largest absolute Gasteiger partial charge is 0.352 e. The Balaban J connectivity index is 2.11. The smallest absolute Gasteiger partial charge is 0.201 e. The molecule has 0 saturated carbocycles. The Kier molecular flexibility index (Phi) is 4.42. The minimum Gasteiger partial charge on any atom is -0.352 e. The van der Waals surface area contributed by atoms with Crippen LogP contribution in [-0.2, 0) is 17.0 Å². The van der Waals surface area contributed by atoms with Gasteiger partial charge in [0, 0.05) is 12.7 Å². The van der Waals surface area contributed by atoms with E-state index in [9.17, 15) is 0 Å². The number of azo groups is 1. The van der Waals surface area contributed by atoms with Crippen molar-refractivity contribution in [2.75, 3.05) is 7.11 Å². The summed E-state index contributed by atoms with van der Waals surface area (Å²) >= 11 is 0. The van der Waals surface area contributed by atoms with Gasteiger partial charge in [-0.15, -0.1) is 0 Å². The van der Waals surface area contributed by atoms with Crippen LogP contribution in [0.5, 0.6) is 0 Å². The summed E-state index contributed by atoms with van der Waals surface area (Å²) in [5.74, 6) is 0. The highest BCUT2D eigenvalue weighted by atomic mass is 16.5. The lowest BCUT2D eigenvalue weighted by molar-refractivity contribution is 0.00278. The van der Waals surface area contributed by atoms with Gasteiger partial charge in [0.25, 0.3) is 0 Å². The van der Waals surface area contributed by atoms with Gasteiger partial charge in [-0.1, -0.05) is 60.7 Å². The van der Waals surface area contributed by atoms with E-state index in [1.165, 1.54) is 0 Å². The highest BCUT2D eigenvalue weighted by Gasteiger charge is 2.25. The Hall–Kier alpha value is -2.00. The van der Waals surface area contributed by atoms with Crippen LogP contribution in [0, 0.1) is 0 Å². The van der Waals surface area contributed by atoms with Crippen molar-refractivity contribution in [2.24, 2.45) is 10.2 Å². The van der Waals surface area contributed by atoms with Gasteiger partial charge >= 0.3 is 0 Å². The Morgan fingerprint density at radius 2 is 1.53 bits per heavy atom. The van der Waals surface area contributed by atoms with Gasteiger partial charge in [0.15, 0.2) is 0 Å². The number of hydrogen-bond acceptors (Lipinski definition) is 3. The summed E-state index contributed by atoms with van der Waals surface area (Å²) in [6.07, 6.45) is 0. The fourth-order valence-electron chi connectivity index (χ4n) is 1.80. The molecule has 2 rings (SSSR count). The summed E-state index contributed by atoms with van der Waals surface area (Å²) in [6.45, 7) is 2.48. The third-order valence-electron chi connectivity index (χ3n) is 3.06. The van der Waals surface area contributed by atoms with Crippen LogP contribution >= 0.6 is 0 Å². The predicted molar refractivity (Wildman–Crippen MR) is 75.8 cm³/mol. The maximum absolute atomic E-state index is 5.50. The zero-order chi connectivity index (χ0) is 13.6. The lowest BCUT2D eigenvalue weighted by Gasteiger charge is -2.22. The van der Waals surface area contributed by atoms with E-state index in [4.69, 9.17) is 4.74 Å². The molecule has 1 unspecified atom stereocenters. The van der Waals surface area contributed by atoms with Crippen molar-refractivity contribution >= 4 is 0 Å². The fraction of sp³-hybridized carbons (Fsp3) is 0.250. The van der Waals surface area contributed by atoms with Gasteiger partial charge in [-0.2, -0.15) is 10.2 Å². The van der Waals surface area contributed by atoms with Gasteiger partial charge < -0.3 is 4.74 Å². The second-order valence-electron chi connectivity index (χ2n) is 4.44. The molecule has 0 aromatic heterocycles. The molecule has 0 spiro atoms. The molecular formula is C16H18N2O. The van der Waals surface area contributed by atoms with E-state index < -0.39 is 5.72 Å². The van der Waals surface area contributed by atoms with Crippen molar-refractivity contribution in [2.45, 2.75) is 19.2 Å². The highest BCUT2D eigenvalue weighted by molar-refractivity contribution is 5.21. The Morgan fingerprint density at radius 1 is 0.947 bits per heavy atom. The van der Waals surface area contributed by atoms with Gasteiger partial charge in [0.05, 0.1) is 6.54 Å². The average Bonchev–Trinajstić information content (AvgIpc) is 2.49. The molecule has 0 radical (unpaired) electrons. The molecule has 0 aliphatic heterocycles. The summed E-state index contributed by atoms with van der Waals surface area (Å²) in [4.78, 5) is 0. The summed E-state index contributed by atoms with van der Waals surface area (Å²) in [5.41, 5.74) is 1.41. The van der Waals surface area contributed by atoms with Gasteiger partial charge in [-0.05, 0) is 12.5 Å². The maximum atomic E-state index is 5.50. The molecular weight excluding hydrogens is 236 g/mol. The molecule has 0 heterocycles. The third kappa shape index (κ3) is 3.48. The minimum absolute atomic E-state index is 0.562. The van der Waals surface area contributed by atoms with E-state index in [1.807, 2.05) is 67.6 Å². The number of hydrogen-bond donors (Lipinski definition) is 0. The van der Waals surface area contributed by atoms with Crippen molar-refractivity contribution in [1.29, 1.82) is 0 Å². The number of methoxy groups -OCH3 is 1. The van der Waals surface area contributed by atoms with Crippen LogP contribution < -0.4 is 0 Å². The van der Waals surface area contributed by atoms with Crippen molar-refractivity contribution in [3.8, 4) is 0 Å². The molecule has 1 atom stereocenters. The molecule has 2 aromatic rings. The number of benzene rings is 2. The fourth-order valence-corrected chi connectivity index (χ4v) is 1.80. The number of ether oxygens (including phenoxy) is 1. The molecule has 3 nitrogen and oxygen atoms in total. The molecule has 19 heavy (non-hydrogen) atoms. The molecule has 3 heteroatoms. The first kappa shape index (κ1) is 13.4. The topological polar surface area (TPSA) is 34.0 Å². The van der Waals surface area contributed by atoms with Crippen LogP contribution in [0.3, 0.4) is 0 Å². The Morgan fingerprint density at radius 3 is 2.11 bits per heavy atom. The molecule has 0 aliphatic rings. The normalized spacial score (nSPS) is 14.4. The SMILES string of the molecule is COC(C)(N=NCc1ccccc1)c1ccccc1. The molecule has 0 aliphatic carbocycles. The first-order chi connectivity index (χ1) is 9.24. The monoisotopic (exact) mass is 254 g/mol. The van der Waals surface area contributed by atoms with Crippen LogP contribution in [0.25, 0.3) is 0 Å². The van der Waals surface area contributed by atoms with Crippen LogP contribution in [-0.4, -0.2) is 7.11 Å². The molecule has 0 amide bonds. The summed E-state index contributed by atoms with van der Waals surface area (Å²) in [5, 5.41) is 8.60. The molecule has 98 valence electrons. The molecule has 0 bridgehead atoms. The quantitative estimate of drug-likeness (QED) is 0.738.